The zero-order valence-corrected chi connectivity index (χ0v) is 4.39. The Morgan fingerprint density at radius 1 is 1.75 bits per heavy atom. The summed E-state index contributed by atoms with van der Waals surface area (Å²) in [6.45, 7) is 1.58. The van der Waals surface area contributed by atoms with Crippen LogP contribution in [0, 0.1) is 0 Å². The Kier molecular flexibility index (Phi) is 1.21. The normalized spacial score (nSPS) is 13.8. The standard InChI is InChI=1S/C3H6N4O/c1-3(8)7-2-4-5-6-7/h2-3,8H,1H3. The van der Waals surface area contributed by atoms with Crippen LogP contribution in [0.5, 0.6) is 0 Å². The highest BCUT2D eigenvalue weighted by Crippen LogP contribution is 1.90. The Morgan fingerprint density at radius 2 is 2.50 bits per heavy atom. The van der Waals surface area contributed by atoms with Crippen molar-refractivity contribution in [1.82, 2.24) is 20.2 Å². The molecule has 44 valence electrons. The molecule has 0 spiro atoms. The van der Waals surface area contributed by atoms with Crippen LogP contribution in [0.1, 0.15) is 13.2 Å². The minimum Gasteiger partial charge on any atom is -0.372 e. The van der Waals surface area contributed by atoms with Crippen LogP contribution in [0.2, 0.25) is 0 Å². The molecule has 0 aliphatic carbocycles. The van der Waals surface area contributed by atoms with E-state index in [9.17, 15) is 0 Å². The highest BCUT2D eigenvalue weighted by atomic mass is 16.3. The van der Waals surface area contributed by atoms with Crippen molar-refractivity contribution in [2.45, 2.75) is 13.2 Å². The van der Waals surface area contributed by atoms with E-state index in [4.69, 9.17) is 5.11 Å². The Morgan fingerprint density at radius 3 is 2.75 bits per heavy atom. The fourth-order valence-electron chi connectivity index (χ4n) is 0.340. The molecular formula is C3H6N4O. The molecule has 0 bridgehead atoms. The predicted octanol–water partition coefficient (Wildman–Crippen LogP) is -0.816. The zero-order valence-electron chi connectivity index (χ0n) is 4.39. The van der Waals surface area contributed by atoms with E-state index in [1.807, 2.05) is 0 Å². The zero-order chi connectivity index (χ0) is 5.98. The van der Waals surface area contributed by atoms with Gasteiger partial charge in [0.25, 0.3) is 0 Å². The summed E-state index contributed by atoms with van der Waals surface area (Å²) >= 11 is 0. The molecule has 0 saturated heterocycles. The maximum absolute atomic E-state index is 8.73. The monoisotopic (exact) mass is 114 g/mol. The van der Waals surface area contributed by atoms with Crippen molar-refractivity contribution in [1.29, 1.82) is 0 Å². The molecule has 1 heterocycles. The fourth-order valence-corrected chi connectivity index (χ4v) is 0.340. The number of aliphatic hydroxyl groups is 1. The van der Waals surface area contributed by atoms with E-state index in [0.717, 1.165) is 0 Å². The average Bonchev–Trinajstić information content (AvgIpc) is 2.12. The summed E-state index contributed by atoms with van der Waals surface area (Å²) in [5, 5.41) is 18.8. The second-order valence-electron chi connectivity index (χ2n) is 1.42. The molecule has 5 heteroatoms. The molecule has 1 aromatic rings. The molecule has 0 aromatic carbocycles. The van der Waals surface area contributed by atoms with Crippen LogP contribution in [0.4, 0.5) is 0 Å². The van der Waals surface area contributed by atoms with Crippen molar-refractivity contribution in [3.8, 4) is 0 Å². The molecule has 5 nitrogen and oxygen atoms in total. The Hall–Kier alpha value is -0.970. The molecule has 0 amide bonds. The maximum Gasteiger partial charge on any atom is 0.147 e. The predicted molar refractivity (Wildman–Crippen MR) is 24.7 cm³/mol. The van der Waals surface area contributed by atoms with Gasteiger partial charge in [0.2, 0.25) is 0 Å². The molecule has 1 atom stereocenters. The second-order valence-corrected chi connectivity index (χ2v) is 1.42. The molecule has 1 N–H and O–H groups in total. The lowest BCUT2D eigenvalue weighted by Crippen LogP contribution is -2.03. The number of aliphatic hydroxyl groups excluding tert-OH is 1. The Balaban J connectivity index is 2.77. The number of hydrogen-bond donors (Lipinski definition) is 1. The molecule has 8 heavy (non-hydrogen) atoms. The first-order valence-corrected chi connectivity index (χ1v) is 2.21. The van der Waals surface area contributed by atoms with E-state index in [-0.39, 0.29) is 0 Å². The van der Waals surface area contributed by atoms with Gasteiger partial charge in [0.1, 0.15) is 12.6 Å². The number of hydrogen-bond acceptors (Lipinski definition) is 4. The lowest BCUT2D eigenvalue weighted by Gasteiger charge is -1.97. The van der Waals surface area contributed by atoms with Crippen LogP contribution in [0.3, 0.4) is 0 Å². The van der Waals surface area contributed by atoms with Crippen molar-refractivity contribution in [2.24, 2.45) is 0 Å². The van der Waals surface area contributed by atoms with Crippen molar-refractivity contribution >= 4 is 0 Å². The molecule has 0 aliphatic heterocycles. The van der Waals surface area contributed by atoms with Gasteiger partial charge >= 0.3 is 0 Å². The van der Waals surface area contributed by atoms with Gasteiger partial charge in [0.05, 0.1) is 0 Å². The summed E-state index contributed by atoms with van der Waals surface area (Å²) in [6.07, 6.45) is 0.718. The van der Waals surface area contributed by atoms with E-state index in [1.165, 1.54) is 11.0 Å². The lowest BCUT2D eigenvalue weighted by molar-refractivity contribution is 0.108. The van der Waals surface area contributed by atoms with Gasteiger partial charge in [-0.05, 0) is 17.4 Å². The first-order chi connectivity index (χ1) is 3.80. The maximum atomic E-state index is 8.73. The first-order valence-electron chi connectivity index (χ1n) is 2.21. The summed E-state index contributed by atoms with van der Waals surface area (Å²) in [7, 11) is 0. The third-order valence-corrected chi connectivity index (χ3v) is 0.748. The van der Waals surface area contributed by atoms with Gasteiger partial charge in [-0.25, -0.2) is 4.68 Å². The smallest absolute Gasteiger partial charge is 0.147 e. The van der Waals surface area contributed by atoms with Crippen LogP contribution in [0.15, 0.2) is 6.33 Å². The van der Waals surface area contributed by atoms with E-state index in [2.05, 4.69) is 15.5 Å². The van der Waals surface area contributed by atoms with Gasteiger partial charge in [-0.2, -0.15) is 0 Å². The third-order valence-electron chi connectivity index (χ3n) is 0.748. The van der Waals surface area contributed by atoms with Crippen molar-refractivity contribution < 1.29 is 5.11 Å². The molecule has 1 rings (SSSR count). The van der Waals surface area contributed by atoms with Crippen molar-refractivity contribution in [2.75, 3.05) is 0 Å². The van der Waals surface area contributed by atoms with Crippen LogP contribution < -0.4 is 0 Å². The highest BCUT2D eigenvalue weighted by Gasteiger charge is 1.95. The summed E-state index contributed by atoms with van der Waals surface area (Å²) in [5.41, 5.74) is 0. The number of aromatic nitrogens is 4. The summed E-state index contributed by atoms with van der Waals surface area (Å²) in [6, 6.07) is 0. The summed E-state index contributed by atoms with van der Waals surface area (Å²) < 4.78 is 1.25. The average molecular weight is 114 g/mol. The van der Waals surface area contributed by atoms with Gasteiger partial charge in [-0.3, -0.25) is 0 Å². The Bertz CT molecular complexity index is 146. The topological polar surface area (TPSA) is 63.8 Å². The van der Waals surface area contributed by atoms with Gasteiger partial charge < -0.3 is 5.11 Å². The van der Waals surface area contributed by atoms with E-state index in [0.29, 0.717) is 0 Å². The van der Waals surface area contributed by atoms with E-state index in [1.54, 1.807) is 6.92 Å². The van der Waals surface area contributed by atoms with Crippen LogP contribution >= 0.6 is 0 Å². The number of rotatable bonds is 1. The fraction of sp³-hybridized carbons (Fsp3) is 0.667. The number of nitrogens with zero attached hydrogens (tertiary/aromatic N) is 4. The minimum atomic E-state index is -0.634. The molecule has 0 aliphatic rings. The quantitative estimate of drug-likeness (QED) is 0.518. The summed E-state index contributed by atoms with van der Waals surface area (Å²) in [4.78, 5) is 0. The van der Waals surface area contributed by atoms with Gasteiger partial charge in [-0.15, -0.1) is 5.10 Å². The number of tetrazole rings is 1. The SMILES string of the molecule is CC(O)n1cnnn1. The minimum absolute atomic E-state index is 0.634. The van der Waals surface area contributed by atoms with Gasteiger partial charge in [0.15, 0.2) is 0 Å². The molecule has 1 unspecified atom stereocenters. The van der Waals surface area contributed by atoms with Gasteiger partial charge in [0, 0.05) is 0 Å². The van der Waals surface area contributed by atoms with Crippen LogP contribution in [0.25, 0.3) is 0 Å². The Labute approximate surface area is 45.9 Å². The lowest BCUT2D eigenvalue weighted by atomic mass is 10.7. The summed E-state index contributed by atoms with van der Waals surface area (Å²) in [5.74, 6) is 0. The first kappa shape index (κ1) is 5.17. The van der Waals surface area contributed by atoms with Crippen molar-refractivity contribution in [3.05, 3.63) is 6.33 Å². The second kappa shape index (κ2) is 1.87. The molecule has 1 aromatic heterocycles. The molecule has 0 radical (unpaired) electrons. The van der Waals surface area contributed by atoms with Crippen molar-refractivity contribution in [3.63, 3.8) is 0 Å². The molecule has 0 saturated carbocycles. The third kappa shape index (κ3) is 0.812. The van der Waals surface area contributed by atoms with Crippen LogP contribution in [-0.4, -0.2) is 25.3 Å². The van der Waals surface area contributed by atoms with Gasteiger partial charge in [-0.1, -0.05) is 0 Å². The van der Waals surface area contributed by atoms with E-state index < -0.39 is 6.23 Å². The highest BCUT2D eigenvalue weighted by molar-refractivity contribution is 4.46. The largest absolute Gasteiger partial charge is 0.372 e. The molecule has 0 fully saturated rings. The van der Waals surface area contributed by atoms with E-state index >= 15 is 0 Å². The molecular weight excluding hydrogens is 108 g/mol. The van der Waals surface area contributed by atoms with Crippen LogP contribution in [-0.2, 0) is 0 Å².